The molecule has 0 unspecified atom stereocenters. The average Bonchev–Trinajstić information content (AvgIpc) is 2.05. The van der Waals surface area contributed by atoms with E-state index in [4.69, 9.17) is 5.11 Å². The van der Waals surface area contributed by atoms with Crippen molar-refractivity contribution in [3.63, 3.8) is 0 Å². The molecule has 0 aliphatic heterocycles. The van der Waals surface area contributed by atoms with Crippen LogP contribution in [-0.2, 0) is 12.7 Å². The van der Waals surface area contributed by atoms with Crippen molar-refractivity contribution >= 4 is 0 Å². The number of hydrogen-bond donors (Lipinski definition) is 1. The predicted octanol–water partition coefficient (Wildman–Crippen LogP) is 2.47. The molecule has 0 heterocycles. The maximum absolute atomic E-state index is 12.4. The molecule has 0 fully saturated rings. The molecule has 84 valence electrons. The minimum atomic E-state index is -4.51. The summed E-state index contributed by atoms with van der Waals surface area (Å²) in [6.45, 7) is 0.406. The lowest BCUT2D eigenvalue weighted by Crippen LogP contribution is -2.12. The summed E-state index contributed by atoms with van der Waals surface area (Å²) in [5.41, 5.74) is -0.466. The molecule has 0 saturated carbocycles. The number of halogens is 3. The molecule has 0 saturated heterocycles. The minimum Gasteiger partial charge on any atom is -0.507 e. The SMILES string of the molecule is CN(C)Cc1ccc(O)c(C(F)(F)F)c1. The molecule has 0 atom stereocenters. The van der Waals surface area contributed by atoms with E-state index in [0.29, 0.717) is 12.1 Å². The van der Waals surface area contributed by atoms with Crippen molar-refractivity contribution in [3.05, 3.63) is 29.3 Å². The summed E-state index contributed by atoms with van der Waals surface area (Å²) in [6.07, 6.45) is -4.51. The topological polar surface area (TPSA) is 23.5 Å². The molecule has 0 bridgehead atoms. The molecule has 5 heteroatoms. The Balaban J connectivity index is 3.06. The molecule has 2 nitrogen and oxygen atoms in total. The highest BCUT2D eigenvalue weighted by Gasteiger charge is 2.33. The van der Waals surface area contributed by atoms with Crippen LogP contribution in [0.1, 0.15) is 11.1 Å². The third-order valence-electron chi connectivity index (χ3n) is 1.87. The number of nitrogens with zero attached hydrogens (tertiary/aromatic N) is 1. The number of phenols is 1. The number of aromatic hydroxyl groups is 1. The number of benzene rings is 1. The first-order chi connectivity index (χ1) is 6.80. The van der Waals surface area contributed by atoms with Gasteiger partial charge in [-0.15, -0.1) is 0 Å². The van der Waals surface area contributed by atoms with Crippen LogP contribution in [-0.4, -0.2) is 24.1 Å². The number of rotatable bonds is 2. The second kappa shape index (κ2) is 4.10. The lowest BCUT2D eigenvalue weighted by Gasteiger charge is -2.13. The van der Waals surface area contributed by atoms with Crippen LogP contribution in [0.4, 0.5) is 13.2 Å². The number of hydrogen-bond acceptors (Lipinski definition) is 2. The first kappa shape index (κ1) is 11.8. The van der Waals surface area contributed by atoms with Crippen LogP contribution in [0.2, 0.25) is 0 Å². The van der Waals surface area contributed by atoms with Gasteiger partial charge in [-0.3, -0.25) is 0 Å². The molecule has 1 rings (SSSR count). The summed E-state index contributed by atoms with van der Waals surface area (Å²) >= 11 is 0. The molecule has 0 spiro atoms. The number of phenolic OH excluding ortho intramolecular Hbond substituents is 1. The van der Waals surface area contributed by atoms with Crippen LogP contribution in [0.25, 0.3) is 0 Å². The van der Waals surface area contributed by atoms with E-state index in [1.54, 1.807) is 19.0 Å². The minimum absolute atomic E-state index is 0.406. The Bertz CT molecular complexity index is 347. The quantitative estimate of drug-likeness (QED) is 0.825. The fourth-order valence-corrected chi connectivity index (χ4v) is 1.27. The van der Waals surface area contributed by atoms with Gasteiger partial charge in [0, 0.05) is 6.54 Å². The zero-order valence-corrected chi connectivity index (χ0v) is 8.47. The van der Waals surface area contributed by atoms with Crippen molar-refractivity contribution < 1.29 is 18.3 Å². The van der Waals surface area contributed by atoms with Crippen LogP contribution in [0.3, 0.4) is 0 Å². The Morgan fingerprint density at radius 3 is 2.33 bits per heavy atom. The van der Waals surface area contributed by atoms with Gasteiger partial charge >= 0.3 is 6.18 Å². The normalized spacial score (nSPS) is 12.1. The third kappa shape index (κ3) is 3.13. The molecule has 0 aliphatic rings. The lowest BCUT2D eigenvalue weighted by molar-refractivity contribution is -0.138. The molecular formula is C10H12F3NO. The van der Waals surface area contributed by atoms with Crippen molar-refractivity contribution in [2.24, 2.45) is 0 Å². The van der Waals surface area contributed by atoms with E-state index in [1.165, 1.54) is 6.07 Å². The Kier molecular flexibility index (Phi) is 3.24. The molecule has 1 aromatic carbocycles. The fraction of sp³-hybridized carbons (Fsp3) is 0.400. The van der Waals surface area contributed by atoms with E-state index in [0.717, 1.165) is 12.1 Å². The van der Waals surface area contributed by atoms with Crippen molar-refractivity contribution in [2.45, 2.75) is 12.7 Å². The maximum atomic E-state index is 12.4. The summed E-state index contributed by atoms with van der Waals surface area (Å²) in [5, 5.41) is 9.07. The zero-order valence-electron chi connectivity index (χ0n) is 8.47. The van der Waals surface area contributed by atoms with Crippen LogP contribution in [0.5, 0.6) is 5.75 Å². The van der Waals surface area contributed by atoms with Gasteiger partial charge in [0.05, 0.1) is 5.56 Å². The van der Waals surface area contributed by atoms with E-state index < -0.39 is 17.5 Å². The van der Waals surface area contributed by atoms with Gasteiger partial charge in [-0.1, -0.05) is 6.07 Å². The molecular weight excluding hydrogens is 207 g/mol. The van der Waals surface area contributed by atoms with Crippen molar-refractivity contribution in [1.29, 1.82) is 0 Å². The Labute approximate surface area is 85.9 Å². The van der Waals surface area contributed by atoms with Gasteiger partial charge < -0.3 is 10.0 Å². The third-order valence-corrected chi connectivity index (χ3v) is 1.87. The van der Waals surface area contributed by atoms with E-state index in [1.807, 2.05) is 0 Å². The molecule has 1 aromatic rings. The van der Waals surface area contributed by atoms with Crippen molar-refractivity contribution in [1.82, 2.24) is 4.90 Å². The van der Waals surface area contributed by atoms with Gasteiger partial charge in [0.25, 0.3) is 0 Å². The molecule has 0 radical (unpaired) electrons. The molecule has 0 amide bonds. The Morgan fingerprint density at radius 2 is 1.87 bits per heavy atom. The van der Waals surface area contributed by atoms with E-state index in [9.17, 15) is 13.2 Å². The molecule has 0 aliphatic carbocycles. The van der Waals surface area contributed by atoms with Crippen molar-refractivity contribution in [3.8, 4) is 5.75 Å². The summed E-state index contributed by atoms with van der Waals surface area (Å²) in [5.74, 6) is -0.731. The van der Waals surface area contributed by atoms with Crippen LogP contribution >= 0.6 is 0 Å². The summed E-state index contributed by atoms with van der Waals surface area (Å²) < 4.78 is 37.2. The zero-order chi connectivity index (χ0) is 11.6. The van der Waals surface area contributed by atoms with Crippen LogP contribution in [0, 0.1) is 0 Å². The van der Waals surface area contributed by atoms with Crippen molar-refractivity contribution in [2.75, 3.05) is 14.1 Å². The molecule has 15 heavy (non-hydrogen) atoms. The highest BCUT2D eigenvalue weighted by molar-refractivity contribution is 5.38. The van der Waals surface area contributed by atoms with E-state index >= 15 is 0 Å². The lowest BCUT2D eigenvalue weighted by atomic mass is 10.1. The van der Waals surface area contributed by atoms with Gasteiger partial charge in [0.1, 0.15) is 5.75 Å². The highest BCUT2D eigenvalue weighted by atomic mass is 19.4. The molecule has 1 N–H and O–H groups in total. The van der Waals surface area contributed by atoms with E-state index in [2.05, 4.69) is 0 Å². The smallest absolute Gasteiger partial charge is 0.419 e. The largest absolute Gasteiger partial charge is 0.507 e. The maximum Gasteiger partial charge on any atom is 0.419 e. The average molecular weight is 219 g/mol. The number of alkyl halides is 3. The Morgan fingerprint density at radius 1 is 1.27 bits per heavy atom. The van der Waals surface area contributed by atoms with Gasteiger partial charge in [0.2, 0.25) is 0 Å². The predicted molar refractivity (Wildman–Crippen MR) is 50.5 cm³/mol. The summed E-state index contributed by atoms with van der Waals surface area (Å²) in [7, 11) is 3.53. The summed E-state index contributed by atoms with van der Waals surface area (Å²) in [4.78, 5) is 1.76. The van der Waals surface area contributed by atoms with Gasteiger partial charge in [0.15, 0.2) is 0 Å². The van der Waals surface area contributed by atoms with Crippen LogP contribution in [0.15, 0.2) is 18.2 Å². The van der Waals surface area contributed by atoms with Crippen LogP contribution < -0.4 is 0 Å². The monoisotopic (exact) mass is 219 g/mol. The highest BCUT2D eigenvalue weighted by Crippen LogP contribution is 2.36. The first-order valence-electron chi connectivity index (χ1n) is 4.34. The Hall–Kier alpha value is -1.23. The second-order valence-corrected chi connectivity index (χ2v) is 3.59. The standard InChI is InChI=1S/C10H12F3NO/c1-14(2)6-7-3-4-9(15)8(5-7)10(11,12)13/h3-5,15H,6H2,1-2H3. The van der Waals surface area contributed by atoms with Gasteiger partial charge in [-0.2, -0.15) is 13.2 Å². The molecule has 0 aromatic heterocycles. The summed E-state index contributed by atoms with van der Waals surface area (Å²) in [6, 6.07) is 3.52. The van der Waals surface area contributed by atoms with E-state index in [-0.39, 0.29) is 0 Å². The second-order valence-electron chi connectivity index (χ2n) is 3.59. The fourth-order valence-electron chi connectivity index (χ4n) is 1.27. The first-order valence-corrected chi connectivity index (χ1v) is 4.34. The van der Waals surface area contributed by atoms with Gasteiger partial charge in [-0.05, 0) is 31.8 Å². The van der Waals surface area contributed by atoms with Gasteiger partial charge in [-0.25, -0.2) is 0 Å².